The highest BCUT2D eigenvalue weighted by Crippen LogP contribution is 2.22. The van der Waals surface area contributed by atoms with Crippen LogP contribution in [-0.4, -0.2) is 31.5 Å². The van der Waals surface area contributed by atoms with Crippen molar-refractivity contribution in [3.05, 3.63) is 47.6 Å². The number of ether oxygens (including phenoxy) is 1. The van der Waals surface area contributed by atoms with E-state index in [1.807, 2.05) is 18.2 Å². The van der Waals surface area contributed by atoms with Gasteiger partial charge in [0, 0.05) is 14.1 Å². The largest absolute Gasteiger partial charge is 0.478 e. The summed E-state index contributed by atoms with van der Waals surface area (Å²) in [5.41, 5.74) is 1.61. The number of rotatable bonds is 6. The maximum atomic E-state index is 11.9. The van der Waals surface area contributed by atoms with Crippen LogP contribution in [0.2, 0.25) is 0 Å². The third-order valence-corrected chi connectivity index (χ3v) is 2.81. The summed E-state index contributed by atoms with van der Waals surface area (Å²) >= 11 is 0. The zero-order valence-corrected chi connectivity index (χ0v) is 12.7. The number of allylic oxidation sites excluding steroid dienone is 1. The number of carbonyl (C=O) groups is 1. The Bertz CT molecular complexity index is 676. The Balaban J connectivity index is 3.18. The first-order valence-corrected chi connectivity index (χ1v) is 6.60. The van der Waals surface area contributed by atoms with E-state index >= 15 is 0 Å². The molecule has 0 aromatic heterocycles. The van der Waals surface area contributed by atoms with Gasteiger partial charge in [-0.2, -0.15) is 10.5 Å². The van der Waals surface area contributed by atoms with E-state index in [1.165, 1.54) is 11.0 Å². The monoisotopic (exact) mass is 295 g/mol. The molecular weight excluding hydrogens is 278 g/mol. The van der Waals surface area contributed by atoms with Crippen LogP contribution in [0.15, 0.2) is 36.4 Å². The van der Waals surface area contributed by atoms with Crippen LogP contribution in [0.3, 0.4) is 0 Å². The predicted molar refractivity (Wildman–Crippen MR) is 83.7 cm³/mol. The predicted octanol–water partition coefficient (Wildman–Crippen LogP) is 2.31. The summed E-state index contributed by atoms with van der Waals surface area (Å²) in [6, 6.07) is 9.09. The molecule has 0 unspecified atom stereocenters. The molecule has 0 radical (unpaired) electrons. The fourth-order valence-corrected chi connectivity index (χ4v) is 1.80. The Kier molecular flexibility index (Phi) is 6.40. The molecule has 112 valence electrons. The molecule has 5 heteroatoms. The van der Waals surface area contributed by atoms with Crippen LogP contribution < -0.4 is 4.74 Å². The summed E-state index contributed by atoms with van der Waals surface area (Å²) < 4.78 is 5.34. The molecule has 0 saturated carbocycles. The number of nitriles is 2. The lowest BCUT2D eigenvalue weighted by Crippen LogP contribution is -2.22. The second kappa shape index (κ2) is 8.28. The van der Waals surface area contributed by atoms with E-state index in [0.717, 1.165) is 5.56 Å². The van der Waals surface area contributed by atoms with E-state index in [4.69, 9.17) is 15.3 Å². The smallest absolute Gasteiger partial charge is 0.264 e. The van der Waals surface area contributed by atoms with Crippen molar-refractivity contribution in [2.75, 3.05) is 20.7 Å². The quantitative estimate of drug-likeness (QED) is 0.458. The lowest BCUT2D eigenvalue weighted by atomic mass is 10.0. The van der Waals surface area contributed by atoms with E-state index < -0.39 is 0 Å². The van der Waals surface area contributed by atoms with Gasteiger partial charge in [0.2, 0.25) is 0 Å². The maximum Gasteiger partial charge on any atom is 0.264 e. The Hall–Kier alpha value is -3.05. The molecule has 1 aromatic rings. The van der Waals surface area contributed by atoms with Gasteiger partial charge in [-0.1, -0.05) is 12.1 Å². The van der Waals surface area contributed by atoms with Gasteiger partial charge in [-0.05, 0) is 35.8 Å². The summed E-state index contributed by atoms with van der Waals surface area (Å²) in [6.07, 6.45) is 3.81. The number of likely N-dealkylation sites (N-methyl/N-ethyl adjacent to an activating group) is 1. The molecule has 0 bridgehead atoms. The maximum absolute atomic E-state index is 11.9. The van der Waals surface area contributed by atoms with Gasteiger partial charge < -0.3 is 9.64 Å². The third-order valence-electron chi connectivity index (χ3n) is 2.81. The van der Waals surface area contributed by atoms with E-state index in [9.17, 15) is 4.79 Å². The molecule has 0 spiro atoms. The lowest BCUT2D eigenvalue weighted by molar-refractivity contribution is -0.124. The Morgan fingerprint density at radius 1 is 1.41 bits per heavy atom. The van der Waals surface area contributed by atoms with Crippen LogP contribution in [0.5, 0.6) is 5.75 Å². The molecule has 1 amide bonds. The summed E-state index contributed by atoms with van der Waals surface area (Å²) in [7, 11) is 3.19. The van der Waals surface area contributed by atoms with Gasteiger partial charge in [-0.25, -0.2) is 0 Å². The first-order chi connectivity index (χ1) is 10.5. The first kappa shape index (κ1) is 17.0. The highest BCUT2D eigenvalue weighted by Gasteiger charge is 2.11. The average molecular weight is 295 g/mol. The highest BCUT2D eigenvalue weighted by molar-refractivity contribution is 6.01. The molecular formula is C17H17N3O2. The zero-order chi connectivity index (χ0) is 16.5. The Labute approximate surface area is 130 Å². The second-order valence-electron chi connectivity index (χ2n) is 4.68. The molecule has 5 nitrogen and oxygen atoms in total. The minimum Gasteiger partial charge on any atom is -0.478 e. The Morgan fingerprint density at radius 3 is 2.68 bits per heavy atom. The van der Waals surface area contributed by atoms with E-state index in [0.29, 0.717) is 17.7 Å². The van der Waals surface area contributed by atoms with Gasteiger partial charge in [-0.15, -0.1) is 6.58 Å². The molecule has 0 heterocycles. The van der Waals surface area contributed by atoms with Gasteiger partial charge in [-0.3, -0.25) is 4.79 Å². The van der Waals surface area contributed by atoms with Crippen molar-refractivity contribution in [1.82, 2.24) is 4.90 Å². The van der Waals surface area contributed by atoms with Gasteiger partial charge in [0.05, 0.1) is 0 Å². The van der Waals surface area contributed by atoms with Crippen molar-refractivity contribution in [2.45, 2.75) is 6.42 Å². The van der Waals surface area contributed by atoms with Crippen molar-refractivity contribution in [1.29, 1.82) is 10.5 Å². The van der Waals surface area contributed by atoms with E-state index in [-0.39, 0.29) is 18.1 Å². The average Bonchev–Trinajstić information content (AvgIpc) is 2.51. The number of benzene rings is 1. The summed E-state index contributed by atoms with van der Waals surface area (Å²) in [4.78, 5) is 13.2. The number of hydrogen-bond acceptors (Lipinski definition) is 4. The van der Waals surface area contributed by atoms with Gasteiger partial charge in [0.25, 0.3) is 5.91 Å². The van der Waals surface area contributed by atoms with Crippen molar-refractivity contribution < 1.29 is 9.53 Å². The van der Waals surface area contributed by atoms with Crippen LogP contribution in [0.4, 0.5) is 0 Å². The minimum absolute atomic E-state index is 0.0398. The van der Waals surface area contributed by atoms with Crippen LogP contribution in [0.1, 0.15) is 11.1 Å². The molecule has 0 saturated heterocycles. The number of hydrogen-bond donors (Lipinski definition) is 0. The fourth-order valence-electron chi connectivity index (χ4n) is 1.80. The van der Waals surface area contributed by atoms with Crippen LogP contribution in [-0.2, 0) is 11.2 Å². The molecule has 22 heavy (non-hydrogen) atoms. The van der Waals surface area contributed by atoms with E-state index in [2.05, 4.69) is 6.58 Å². The molecule has 0 N–H and O–H groups in total. The van der Waals surface area contributed by atoms with Crippen molar-refractivity contribution in [2.24, 2.45) is 0 Å². The number of amides is 1. The normalized spacial score (nSPS) is 10.3. The molecule has 1 aromatic carbocycles. The standard InChI is InChI=1S/C17H17N3O2/c1-4-5-14-10-13(6-7-16(14)22-9-8-18)11-15(12-19)17(21)20(2)3/h4,6-7,10-11H,1,5,9H2,2-3H3/b15-11-. The number of nitrogens with zero attached hydrogens (tertiary/aromatic N) is 3. The Morgan fingerprint density at radius 2 is 2.14 bits per heavy atom. The van der Waals surface area contributed by atoms with Gasteiger partial charge >= 0.3 is 0 Å². The topological polar surface area (TPSA) is 77.1 Å². The number of carbonyl (C=O) groups excluding carboxylic acids is 1. The lowest BCUT2D eigenvalue weighted by Gasteiger charge is -2.10. The van der Waals surface area contributed by atoms with Crippen molar-refractivity contribution in [3.8, 4) is 17.9 Å². The first-order valence-electron chi connectivity index (χ1n) is 6.60. The zero-order valence-electron chi connectivity index (χ0n) is 12.7. The van der Waals surface area contributed by atoms with Crippen molar-refractivity contribution in [3.63, 3.8) is 0 Å². The molecule has 1 rings (SSSR count). The molecule has 0 aliphatic rings. The molecule has 0 aliphatic carbocycles. The molecule has 0 fully saturated rings. The summed E-state index contributed by atoms with van der Waals surface area (Å²) in [5.74, 6) is 0.244. The van der Waals surface area contributed by atoms with Crippen LogP contribution >= 0.6 is 0 Å². The summed E-state index contributed by atoms with van der Waals surface area (Å²) in [5, 5.41) is 17.7. The van der Waals surface area contributed by atoms with Crippen LogP contribution in [0, 0.1) is 22.7 Å². The minimum atomic E-state index is -0.349. The fraction of sp³-hybridized carbons (Fsp3) is 0.235. The molecule has 0 atom stereocenters. The van der Waals surface area contributed by atoms with Crippen LogP contribution in [0.25, 0.3) is 6.08 Å². The van der Waals surface area contributed by atoms with Gasteiger partial charge in [0.15, 0.2) is 6.61 Å². The van der Waals surface area contributed by atoms with E-state index in [1.54, 1.807) is 32.3 Å². The highest BCUT2D eigenvalue weighted by atomic mass is 16.5. The van der Waals surface area contributed by atoms with Crippen molar-refractivity contribution >= 4 is 12.0 Å². The third kappa shape index (κ3) is 4.50. The molecule has 0 aliphatic heterocycles. The summed E-state index contributed by atoms with van der Waals surface area (Å²) in [6.45, 7) is 3.65. The SMILES string of the molecule is C=CCc1cc(/C=C(/C#N)C(=O)N(C)C)ccc1OCC#N. The second-order valence-corrected chi connectivity index (χ2v) is 4.68. The van der Waals surface area contributed by atoms with Gasteiger partial charge in [0.1, 0.15) is 23.5 Å².